The number of rotatable bonds is 4. The van der Waals surface area contributed by atoms with Crippen LogP contribution in [0.5, 0.6) is 0 Å². The fourth-order valence-corrected chi connectivity index (χ4v) is 1.47. The van der Waals surface area contributed by atoms with Crippen molar-refractivity contribution < 1.29 is 4.79 Å². The third-order valence-corrected chi connectivity index (χ3v) is 2.29. The van der Waals surface area contributed by atoms with Gasteiger partial charge in [0.1, 0.15) is 6.54 Å². The topological polar surface area (TPSA) is 74.9 Å². The summed E-state index contributed by atoms with van der Waals surface area (Å²) in [5, 5.41) is 10.8. The number of carbonyl (C=O) groups is 1. The number of nitriles is 1. The van der Waals surface area contributed by atoms with Gasteiger partial charge in [-0.1, -0.05) is 0 Å². The SMILES string of the molecule is N#CCCNC(=O)Cn1cc(Br)ccc1=O. The van der Waals surface area contributed by atoms with Crippen molar-refractivity contribution in [1.29, 1.82) is 5.26 Å². The van der Waals surface area contributed by atoms with Crippen molar-refractivity contribution in [3.05, 3.63) is 33.2 Å². The van der Waals surface area contributed by atoms with Gasteiger partial charge in [0.15, 0.2) is 0 Å². The summed E-state index contributed by atoms with van der Waals surface area (Å²) in [6.45, 7) is 0.266. The minimum absolute atomic E-state index is 0.0380. The predicted octanol–water partition coefficient (Wildman–Crippen LogP) is 0.641. The number of hydrogen-bond acceptors (Lipinski definition) is 3. The highest BCUT2D eigenvalue weighted by atomic mass is 79.9. The molecule has 0 aromatic carbocycles. The van der Waals surface area contributed by atoms with E-state index in [4.69, 9.17) is 5.26 Å². The van der Waals surface area contributed by atoms with E-state index in [-0.39, 0.29) is 24.4 Å². The number of aromatic nitrogens is 1. The zero-order chi connectivity index (χ0) is 12.0. The van der Waals surface area contributed by atoms with E-state index in [1.807, 2.05) is 6.07 Å². The Hall–Kier alpha value is -1.61. The van der Waals surface area contributed by atoms with Gasteiger partial charge in [0.2, 0.25) is 5.91 Å². The van der Waals surface area contributed by atoms with Gasteiger partial charge in [-0.25, -0.2) is 0 Å². The van der Waals surface area contributed by atoms with Gasteiger partial charge >= 0.3 is 0 Å². The van der Waals surface area contributed by atoms with E-state index in [1.165, 1.54) is 10.6 Å². The Morgan fingerprint density at radius 3 is 3.00 bits per heavy atom. The molecular formula is C10H10BrN3O2. The first-order chi connectivity index (χ1) is 7.63. The number of hydrogen-bond donors (Lipinski definition) is 1. The number of halogens is 1. The summed E-state index contributed by atoms with van der Waals surface area (Å²) in [6.07, 6.45) is 1.81. The van der Waals surface area contributed by atoms with Crippen LogP contribution in [0.1, 0.15) is 6.42 Å². The molecule has 0 spiro atoms. The lowest BCUT2D eigenvalue weighted by Gasteiger charge is -2.05. The van der Waals surface area contributed by atoms with Crippen LogP contribution >= 0.6 is 15.9 Å². The van der Waals surface area contributed by atoms with Crippen LogP contribution in [0.4, 0.5) is 0 Å². The average Bonchev–Trinajstić information content (AvgIpc) is 2.24. The molecule has 0 aliphatic rings. The van der Waals surface area contributed by atoms with E-state index in [1.54, 1.807) is 12.3 Å². The Bertz CT molecular complexity index is 476. The van der Waals surface area contributed by atoms with Gasteiger partial charge in [-0.3, -0.25) is 9.59 Å². The van der Waals surface area contributed by atoms with Crippen LogP contribution in [0.3, 0.4) is 0 Å². The molecule has 0 radical (unpaired) electrons. The average molecular weight is 284 g/mol. The molecular weight excluding hydrogens is 274 g/mol. The molecule has 1 heterocycles. The van der Waals surface area contributed by atoms with Crippen molar-refractivity contribution in [3.8, 4) is 6.07 Å². The van der Waals surface area contributed by atoms with Gasteiger partial charge < -0.3 is 9.88 Å². The minimum Gasteiger partial charge on any atom is -0.354 e. The van der Waals surface area contributed by atoms with Crippen molar-refractivity contribution in [2.24, 2.45) is 0 Å². The molecule has 0 aliphatic heterocycles. The maximum atomic E-state index is 11.4. The second-order valence-corrected chi connectivity index (χ2v) is 3.99. The molecule has 0 fully saturated rings. The van der Waals surface area contributed by atoms with Crippen LogP contribution < -0.4 is 10.9 Å². The van der Waals surface area contributed by atoms with Crippen molar-refractivity contribution in [2.75, 3.05) is 6.54 Å². The Kier molecular flexibility index (Phi) is 4.73. The van der Waals surface area contributed by atoms with Gasteiger partial charge in [0, 0.05) is 23.3 Å². The van der Waals surface area contributed by atoms with Gasteiger partial charge in [0.05, 0.1) is 12.5 Å². The lowest BCUT2D eigenvalue weighted by Crippen LogP contribution is -2.32. The lowest BCUT2D eigenvalue weighted by atomic mass is 10.4. The van der Waals surface area contributed by atoms with Crippen LogP contribution in [0.15, 0.2) is 27.6 Å². The Morgan fingerprint density at radius 1 is 1.56 bits per heavy atom. The lowest BCUT2D eigenvalue weighted by molar-refractivity contribution is -0.121. The molecule has 0 bridgehead atoms. The van der Waals surface area contributed by atoms with E-state index in [2.05, 4.69) is 21.2 Å². The van der Waals surface area contributed by atoms with Crippen molar-refractivity contribution in [2.45, 2.75) is 13.0 Å². The molecule has 0 saturated heterocycles. The first kappa shape index (κ1) is 12.5. The third kappa shape index (κ3) is 3.87. The maximum absolute atomic E-state index is 11.4. The first-order valence-corrected chi connectivity index (χ1v) is 5.42. The van der Waals surface area contributed by atoms with E-state index >= 15 is 0 Å². The smallest absolute Gasteiger partial charge is 0.251 e. The number of nitrogens with one attached hydrogen (secondary N) is 1. The van der Waals surface area contributed by atoms with Gasteiger partial charge in [0.25, 0.3) is 5.56 Å². The summed E-state index contributed by atoms with van der Waals surface area (Å²) in [5.41, 5.74) is -0.237. The summed E-state index contributed by atoms with van der Waals surface area (Å²) in [7, 11) is 0. The third-order valence-electron chi connectivity index (χ3n) is 1.82. The highest BCUT2D eigenvalue weighted by Crippen LogP contribution is 2.04. The van der Waals surface area contributed by atoms with Crippen molar-refractivity contribution in [3.63, 3.8) is 0 Å². The van der Waals surface area contributed by atoms with Gasteiger partial charge in [-0.05, 0) is 22.0 Å². The summed E-state index contributed by atoms with van der Waals surface area (Å²) < 4.78 is 2.03. The van der Waals surface area contributed by atoms with Crippen LogP contribution in [-0.2, 0) is 11.3 Å². The first-order valence-electron chi connectivity index (χ1n) is 4.63. The number of pyridine rings is 1. The molecule has 1 aromatic heterocycles. The molecule has 1 rings (SSSR count). The molecule has 84 valence electrons. The second-order valence-electron chi connectivity index (χ2n) is 3.07. The molecule has 0 atom stereocenters. The summed E-state index contributed by atoms with van der Waals surface area (Å²) in [5.74, 6) is -0.282. The van der Waals surface area contributed by atoms with E-state index in [0.717, 1.165) is 4.47 Å². The Balaban J connectivity index is 2.60. The molecule has 0 aliphatic carbocycles. The van der Waals surface area contributed by atoms with E-state index < -0.39 is 0 Å². The van der Waals surface area contributed by atoms with Crippen molar-refractivity contribution >= 4 is 21.8 Å². The second kappa shape index (κ2) is 6.08. The van der Waals surface area contributed by atoms with Crippen LogP contribution in [0, 0.1) is 11.3 Å². The number of amides is 1. The molecule has 1 aromatic rings. The molecule has 5 nitrogen and oxygen atoms in total. The molecule has 16 heavy (non-hydrogen) atoms. The monoisotopic (exact) mass is 283 g/mol. The number of carbonyl (C=O) groups excluding carboxylic acids is 1. The predicted molar refractivity (Wildman–Crippen MR) is 61.6 cm³/mol. The van der Waals surface area contributed by atoms with E-state index in [9.17, 15) is 9.59 Å². The van der Waals surface area contributed by atoms with Crippen LogP contribution in [0.25, 0.3) is 0 Å². The minimum atomic E-state index is -0.282. The normalized spacial score (nSPS) is 9.50. The zero-order valence-corrected chi connectivity index (χ0v) is 10.0. The highest BCUT2D eigenvalue weighted by Gasteiger charge is 2.03. The fourth-order valence-electron chi connectivity index (χ4n) is 1.09. The van der Waals surface area contributed by atoms with Crippen LogP contribution in [0.2, 0.25) is 0 Å². The molecule has 0 saturated carbocycles. The summed E-state index contributed by atoms with van der Waals surface area (Å²) in [4.78, 5) is 22.7. The molecule has 0 unspecified atom stereocenters. The maximum Gasteiger partial charge on any atom is 0.251 e. The highest BCUT2D eigenvalue weighted by molar-refractivity contribution is 9.10. The fraction of sp³-hybridized carbons (Fsp3) is 0.300. The molecule has 6 heteroatoms. The van der Waals surface area contributed by atoms with Gasteiger partial charge in [-0.2, -0.15) is 5.26 Å². The molecule has 1 N–H and O–H groups in total. The quantitative estimate of drug-likeness (QED) is 0.824. The van der Waals surface area contributed by atoms with Gasteiger partial charge in [-0.15, -0.1) is 0 Å². The Morgan fingerprint density at radius 2 is 2.31 bits per heavy atom. The summed E-state index contributed by atoms with van der Waals surface area (Å²) in [6, 6.07) is 4.92. The number of nitrogens with zero attached hydrogens (tertiary/aromatic N) is 2. The standard InChI is InChI=1S/C10H10BrN3O2/c11-8-2-3-10(16)14(6-8)7-9(15)13-5-1-4-12/h2-3,6H,1,5,7H2,(H,13,15). The van der Waals surface area contributed by atoms with E-state index in [0.29, 0.717) is 6.54 Å². The Labute approximate surface area is 101 Å². The largest absolute Gasteiger partial charge is 0.354 e. The summed E-state index contributed by atoms with van der Waals surface area (Å²) >= 11 is 3.22. The zero-order valence-electron chi connectivity index (χ0n) is 8.44. The van der Waals surface area contributed by atoms with Crippen molar-refractivity contribution in [1.82, 2.24) is 9.88 Å². The van der Waals surface area contributed by atoms with Crippen LogP contribution in [-0.4, -0.2) is 17.0 Å². The molecule has 1 amide bonds.